The maximum atomic E-state index is 12.3. The van der Waals surface area contributed by atoms with Gasteiger partial charge in [-0.3, -0.25) is 14.9 Å². The highest BCUT2D eigenvalue weighted by Gasteiger charge is 2.28. The number of nitrogens with one attached hydrogen (secondary N) is 2. The second-order valence-electron chi connectivity index (χ2n) is 7.01. The van der Waals surface area contributed by atoms with Crippen LogP contribution in [-0.4, -0.2) is 40.3 Å². The van der Waals surface area contributed by atoms with Gasteiger partial charge in [-0.15, -0.1) is 0 Å². The van der Waals surface area contributed by atoms with Gasteiger partial charge < -0.3 is 14.8 Å². The molecule has 2 amide bonds. The highest BCUT2D eigenvalue weighted by Crippen LogP contribution is 2.35. The third-order valence-corrected chi connectivity index (χ3v) is 5.76. The number of fused-ring (bicyclic) bond motifs is 1. The van der Waals surface area contributed by atoms with Crippen molar-refractivity contribution in [1.82, 2.24) is 14.8 Å². The Morgan fingerprint density at radius 1 is 1.29 bits per heavy atom. The van der Waals surface area contributed by atoms with E-state index in [2.05, 4.69) is 36.6 Å². The zero-order chi connectivity index (χ0) is 22.0. The predicted octanol–water partition coefficient (Wildman–Crippen LogP) is 3.31. The van der Waals surface area contributed by atoms with E-state index in [1.807, 2.05) is 31.2 Å². The van der Waals surface area contributed by atoms with Gasteiger partial charge in [0.25, 0.3) is 5.91 Å². The third-order valence-electron chi connectivity index (χ3n) is 4.87. The lowest BCUT2D eigenvalue weighted by molar-refractivity contribution is -0.118. The standard InChI is InChI=1S/C21H20BrN5O4/c1-12-7-14(4-5-15(12)22)25-20(29)10-31-17-6-3-13(8-18(17)30-2)16-9-19(28)26-21-23-11-24-27(16)21/h3-8,11,16H,9-10H2,1-2H3,(H,25,29)(H,23,24,26,28)/t16-/m0/s1. The van der Waals surface area contributed by atoms with Crippen molar-refractivity contribution in [2.75, 3.05) is 24.4 Å². The molecule has 0 bridgehead atoms. The van der Waals surface area contributed by atoms with E-state index in [0.717, 1.165) is 15.6 Å². The Morgan fingerprint density at radius 2 is 2.13 bits per heavy atom. The molecule has 3 aromatic rings. The van der Waals surface area contributed by atoms with Gasteiger partial charge in [-0.1, -0.05) is 22.0 Å². The zero-order valence-corrected chi connectivity index (χ0v) is 18.5. The Morgan fingerprint density at radius 3 is 2.90 bits per heavy atom. The molecule has 0 saturated heterocycles. The SMILES string of the molecule is COc1cc([C@@H]2CC(=O)Nc3ncnn32)ccc1OCC(=O)Nc1ccc(Br)c(C)c1. The largest absolute Gasteiger partial charge is 0.493 e. The van der Waals surface area contributed by atoms with Crippen molar-refractivity contribution >= 4 is 39.4 Å². The van der Waals surface area contributed by atoms with Gasteiger partial charge >= 0.3 is 0 Å². The monoisotopic (exact) mass is 485 g/mol. The average Bonchev–Trinajstić information content (AvgIpc) is 3.22. The molecule has 2 aromatic carbocycles. The molecule has 1 aromatic heterocycles. The molecule has 0 spiro atoms. The number of aryl methyl sites for hydroxylation is 1. The molecule has 1 atom stereocenters. The van der Waals surface area contributed by atoms with Crippen LogP contribution in [0.2, 0.25) is 0 Å². The number of anilines is 2. The van der Waals surface area contributed by atoms with Crippen LogP contribution in [0.5, 0.6) is 11.5 Å². The summed E-state index contributed by atoms with van der Waals surface area (Å²) < 4.78 is 13.7. The number of benzene rings is 2. The van der Waals surface area contributed by atoms with Gasteiger partial charge in [0.2, 0.25) is 11.9 Å². The minimum Gasteiger partial charge on any atom is -0.493 e. The van der Waals surface area contributed by atoms with Crippen LogP contribution in [0.4, 0.5) is 11.6 Å². The minimum absolute atomic E-state index is 0.135. The highest BCUT2D eigenvalue weighted by molar-refractivity contribution is 9.10. The van der Waals surface area contributed by atoms with Crippen LogP contribution < -0.4 is 20.1 Å². The number of aromatic nitrogens is 3. The maximum absolute atomic E-state index is 12.3. The molecule has 0 fully saturated rings. The summed E-state index contributed by atoms with van der Waals surface area (Å²) in [4.78, 5) is 28.3. The Labute approximate surface area is 186 Å². The first-order chi connectivity index (χ1) is 14.9. The first kappa shape index (κ1) is 20.9. The van der Waals surface area contributed by atoms with Crippen molar-refractivity contribution in [1.29, 1.82) is 0 Å². The second kappa shape index (κ2) is 8.76. The Kier molecular flexibility index (Phi) is 5.90. The van der Waals surface area contributed by atoms with E-state index >= 15 is 0 Å². The van der Waals surface area contributed by atoms with Crippen molar-refractivity contribution in [3.05, 3.63) is 58.3 Å². The molecule has 0 aliphatic carbocycles. The van der Waals surface area contributed by atoms with Gasteiger partial charge in [0.15, 0.2) is 18.1 Å². The summed E-state index contributed by atoms with van der Waals surface area (Å²) in [5.41, 5.74) is 2.53. The molecule has 10 heteroatoms. The topological polar surface area (TPSA) is 107 Å². The Bertz CT molecular complexity index is 1150. The highest BCUT2D eigenvalue weighted by atomic mass is 79.9. The summed E-state index contributed by atoms with van der Waals surface area (Å²) >= 11 is 3.43. The fraction of sp³-hybridized carbons (Fsp3) is 0.238. The summed E-state index contributed by atoms with van der Waals surface area (Å²) in [6, 6.07) is 10.6. The summed E-state index contributed by atoms with van der Waals surface area (Å²) in [5.74, 6) is 0.860. The van der Waals surface area contributed by atoms with Gasteiger partial charge in [-0.05, 0) is 48.4 Å². The zero-order valence-electron chi connectivity index (χ0n) is 16.9. The second-order valence-corrected chi connectivity index (χ2v) is 7.86. The van der Waals surface area contributed by atoms with E-state index < -0.39 is 0 Å². The van der Waals surface area contributed by atoms with Crippen molar-refractivity contribution in [2.45, 2.75) is 19.4 Å². The van der Waals surface area contributed by atoms with Crippen LogP contribution in [0.15, 0.2) is 47.2 Å². The molecular weight excluding hydrogens is 466 g/mol. The molecule has 1 aliphatic rings. The Hall–Kier alpha value is -3.40. The number of carbonyl (C=O) groups excluding carboxylic acids is 2. The molecule has 9 nitrogen and oxygen atoms in total. The molecule has 0 unspecified atom stereocenters. The van der Waals surface area contributed by atoms with Crippen LogP contribution >= 0.6 is 15.9 Å². The van der Waals surface area contributed by atoms with Gasteiger partial charge in [0.05, 0.1) is 19.6 Å². The number of ether oxygens (including phenoxy) is 2. The van der Waals surface area contributed by atoms with Gasteiger partial charge in [-0.2, -0.15) is 10.1 Å². The molecule has 0 radical (unpaired) electrons. The summed E-state index contributed by atoms with van der Waals surface area (Å²) in [6.45, 7) is 1.77. The van der Waals surface area contributed by atoms with E-state index in [1.54, 1.807) is 16.8 Å². The Balaban J connectivity index is 1.46. The molecule has 160 valence electrons. The van der Waals surface area contributed by atoms with Crippen molar-refractivity contribution in [3.8, 4) is 11.5 Å². The number of hydrogen-bond donors (Lipinski definition) is 2. The normalized spacial score (nSPS) is 15.1. The molecule has 31 heavy (non-hydrogen) atoms. The van der Waals surface area contributed by atoms with Crippen molar-refractivity contribution in [3.63, 3.8) is 0 Å². The first-order valence-corrected chi connectivity index (χ1v) is 10.3. The first-order valence-electron chi connectivity index (χ1n) is 9.50. The fourth-order valence-corrected chi connectivity index (χ4v) is 3.58. The molecule has 1 aliphatic heterocycles. The third kappa shape index (κ3) is 4.53. The smallest absolute Gasteiger partial charge is 0.262 e. The van der Waals surface area contributed by atoms with Crippen molar-refractivity contribution in [2.24, 2.45) is 0 Å². The van der Waals surface area contributed by atoms with Gasteiger partial charge in [0.1, 0.15) is 6.33 Å². The van der Waals surface area contributed by atoms with Crippen LogP contribution in [-0.2, 0) is 9.59 Å². The average molecular weight is 486 g/mol. The van der Waals surface area contributed by atoms with Gasteiger partial charge in [0, 0.05) is 10.2 Å². The number of carbonyl (C=O) groups is 2. The summed E-state index contributed by atoms with van der Waals surface area (Å²) in [6.07, 6.45) is 1.63. The number of amides is 2. The van der Waals surface area contributed by atoms with Crippen molar-refractivity contribution < 1.29 is 19.1 Å². The number of hydrogen-bond acceptors (Lipinski definition) is 6. The molecule has 0 saturated carbocycles. The minimum atomic E-state index is -0.307. The van der Waals surface area contributed by atoms with E-state index in [9.17, 15) is 9.59 Å². The molecular formula is C21H20BrN5O4. The molecule has 2 heterocycles. The van der Waals surface area contributed by atoms with Gasteiger partial charge in [-0.25, -0.2) is 4.68 Å². The summed E-state index contributed by atoms with van der Waals surface area (Å²) in [7, 11) is 1.52. The van der Waals surface area contributed by atoms with E-state index in [-0.39, 0.29) is 30.9 Å². The number of rotatable bonds is 6. The van der Waals surface area contributed by atoms with Crippen LogP contribution in [0.1, 0.15) is 23.6 Å². The summed E-state index contributed by atoms with van der Waals surface area (Å²) in [5, 5.41) is 9.69. The van der Waals surface area contributed by atoms with Crippen LogP contribution in [0.25, 0.3) is 0 Å². The van der Waals surface area contributed by atoms with Crippen LogP contribution in [0.3, 0.4) is 0 Å². The lowest BCUT2D eigenvalue weighted by Crippen LogP contribution is -2.29. The lowest BCUT2D eigenvalue weighted by Gasteiger charge is -2.24. The number of halogens is 1. The predicted molar refractivity (Wildman–Crippen MR) is 117 cm³/mol. The van der Waals surface area contributed by atoms with E-state index in [0.29, 0.717) is 23.1 Å². The lowest BCUT2D eigenvalue weighted by atomic mass is 10.0. The van der Waals surface area contributed by atoms with E-state index in [4.69, 9.17) is 9.47 Å². The van der Waals surface area contributed by atoms with Crippen LogP contribution in [0, 0.1) is 6.92 Å². The number of nitrogens with zero attached hydrogens (tertiary/aromatic N) is 3. The fourth-order valence-electron chi connectivity index (χ4n) is 3.34. The maximum Gasteiger partial charge on any atom is 0.262 e. The quantitative estimate of drug-likeness (QED) is 0.554. The van der Waals surface area contributed by atoms with E-state index in [1.165, 1.54) is 13.4 Å². The molecule has 4 rings (SSSR count). The molecule has 2 N–H and O–H groups in total. The number of methoxy groups -OCH3 is 1.